The van der Waals surface area contributed by atoms with E-state index in [4.69, 9.17) is 4.74 Å². The molecule has 5 nitrogen and oxygen atoms in total. The van der Waals surface area contributed by atoms with Gasteiger partial charge in [0, 0.05) is 13.5 Å². The number of rotatable bonds is 7. The SMILES string of the molecule is CCCCN(C(=O)OCc1ccccc1)c1nc(C)c(C(C)=O)s1. The minimum absolute atomic E-state index is 0.0376. The highest BCUT2D eigenvalue weighted by Gasteiger charge is 2.22. The summed E-state index contributed by atoms with van der Waals surface area (Å²) in [7, 11) is 0. The molecule has 1 heterocycles. The van der Waals surface area contributed by atoms with Gasteiger partial charge in [-0.2, -0.15) is 0 Å². The molecule has 0 N–H and O–H groups in total. The van der Waals surface area contributed by atoms with Crippen LogP contribution < -0.4 is 4.90 Å². The van der Waals surface area contributed by atoms with Crippen LogP contribution in [0.15, 0.2) is 30.3 Å². The highest BCUT2D eigenvalue weighted by molar-refractivity contribution is 7.17. The molecule has 0 bridgehead atoms. The first kappa shape index (κ1) is 18.1. The van der Waals surface area contributed by atoms with E-state index in [-0.39, 0.29) is 12.4 Å². The Kier molecular flexibility index (Phi) is 6.49. The number of unbranched alkanes of at least 4 members (excludes halogenated alkanes) is 1. The average molecular weight is 346 g/mol. The predicted octanol–water partition coefficient (Wildman–Crippen LogP) is 4.60. The van der Waals surface area contributed by atoms with Crippen molar-refractivity contribution in [2.45, 2.75) is 40.2 Å². The molecule has 2 rings (SSSR count). The quantitative estimate of drug-likeness (QED) is 0.688. The van der Waals surface area contributed by atoms with Crippen LogP contribution in [0, 0.1) is 6.92 Å². The first-order chi connectivity index (χ1) is 11.5. The van der Waals surface area contributed by atoms with Crippen LogP contribution in [0.25, 0.3) is 0 Å². The molecule has 2 aromatic rings. The zero-order valence-electron chi connectivity index (χ0n) is 14.2. The number of hydrogen-bond donors (Lipinski definition) is 0. The Balaban J connectivity index is 2.13. The second-order valence-corrected chi connectivity index (χ2v) is 6.49. The minimum atomic E-state index is -0.434. The van der Waals surface area contributed by atoms with Crippen LogP contribution in [0.4, 0.5) is 9.93 Å². The lowest BCUT2D eigenvalue weighted by Gasteiger charge is -2.19. The van der Waals surface area contributed by atoms with Gasteiger partial charge in [0.15, 0.2) is 10.9 Å². The van der Waals surface area contributed by atoms with E-state index in [0.29, 0.717) is 22.2 Å². The Bertz CT molecular complexity index is 698. The summed E-state index contributed by atoms with van der Waals surface area (Å²) in [6.07, 6.45) is 1.36. The number of carbonyl (C=O) groups is 2. The Hall–Kier alpha value is -2.21. The average Bonchev–Trinajstić information content (AvgIpc) is 2.96. The Morgan fingerprint density at radius 2 is 1.96 bits per heavy atom. The van der Waals surface area contributed by atoms with E-state index >= 15 is 0 Å². The third-order valence-electron chi connectivity index (χ3n) is 3.50. The molecule has 0 aliphatic heterocycles. The van der Waals surface area contributed by atoms with Gasteiger partial charge >= 0.3 is 6.09 Å². The number of hydrogen-bond acceptors (Lipinski definition) is 5. The van der Waals surface area contributed by atoms with Crippen LogP contribution in [-0.2, 0) is 11.3 Å². The molecule has 0 aliphatic carbocycles. The second-order valence-electron chi connectivity index (χ2n) is 5.51. The summed E-state index contributed by atoms with van der Waals surface area (Å²) >= 11 is 1.24. The lowest BCUT2D eigenvalue weighted by atomic mass is 10.2. The van der Waals surface area contributed by atoms with E-state index < -0.39 is 6.09 Å². The Morgan fingerprint density at radius 3 is 2.54 bits per heavy atom. The smallest absolute Gasteiger partial charge is 0.416 e. The summed E-state index contributed by atoms with van der Waals surface area (Å²) in [5, 5.41) is 0.518. The van der Waals surface area contributed by atoms with E-state index in [1.165, 1.54) is 23.2 Å². The molecule has 24 heavy (non-hydrogen) atoms. The van der Waals surface area contributed by atoms with Crippen molar-refractivity contribution in [3.63, 3.8) is 0 Å². The third-order valence-corrected chi connectivity index (χ3v) is 4.78. The number of benzene rings is 1. The van der Waals surface area contributed by atoms with Crippen molar-refractivity contribution in [2.75, 3.05) is 11.4 Å². The number of amides is 1. The van der Waals surface area contributed by atoms with Crippen molar-refractivity contribution in [1.82, 2.24) is 4.98 Å². The molecule has 0 fully saturated rings. The number of Topliss-reactive ketones (excluding diaryl/α,β-unsaturated/α-hetero) is 1. The summed E-state index contributed by atoms with van der Waals surface area (Å²) in [4.78, 5) is 30.6. The van der Waals surface area contributed by atoms with E-state index in [2.05, 4.69) is 11.9 Å². The normalized spacial score (nSPS) is 10.5. The fraction of sp³-hybridized carbons (Fsp3) is 0.389. The molecule has 0 aliphatic rings. The number of aromatic nitrogens is 1. The van der Waals surface area contributed by atoms with Gasteiger partial charge in [-0.05, 0) is 18.9 Å². The van der Waals surface area contributed by atoms with Gasteiger partial charge in [0.1, 0.15) is 6.61 Å². The number of ether oxygens (including phenoxy) is 1. The monoisotopic (exact) mass is 346 g/mol. The predicted molar refractivity (Wildman–Crippen MR) is 95.7 cm³/mol. The fourth-order valence-corrected chi connectivity index (χ4v) is 3.18. The minimum Gasteiger partial charge on any atom is -0.444 e. The van der Waals surface area contributed by atoms with Crippen LogP contribution >= 0.6 is 11.3 Å². The highest BCUT2D eigenvalue weighted by Crippen LogP contribution is 2.27. The summed E-state index contributed by atoms with van der Waals surface area (Å²) in [6.45, 7) is 6.08. The summed E-state index contributed by atoms with van der Waals surface area (Å²) in [6, 6.07) is 9.54. The number of aryl methyl sites for hydroxylation is 1. The molecule has 0 radical (unpaired) electrons. The Labute approximate surface area is 146 Å². The molecule has 128 valence electrons. The number of carbonyl (C=O) groups excluding carboxylic acids is 2. The maximum atomic E-state index is 12.5. The summed E-state index contributed by atoms with van der Waals surface area (Å²) in [5.41, 5.74) is 1.58. The molecule has 0 unspecified atom stereocenters. The van der Waals surface area contributed by atoms with Crippen molar-refractivity contribution >= 4 is 28.3 Å². The van der Waals surface area contributed by atoms with Crippen LogP contribution in [0.3, 0.4) is 0 Å². The van der Waals surface area contributed by atoms with E-state index in [1.54, 1.807) is 6.92 Å². The van der Waals surface area contributed by atoms with Gasteiger partial charge in [-0.3, -0.25) is 9.69 Å². The first-order valence-corrected chi connectivity index (χ1v) is 8.81. The van der Waals surface area contributed by atoms with Crippen molar-refractivity contribution in [3.05, 3.63) is 46.5 Å². The van der Waals surface area contributed by atoms with Crippen molar-refractivity contribution in [1.29, 1.82) is 0 Å². The molecule has 1 aromatic heterocycles. The fourth-order valence-electron chi connectivity index (χ4n) is 2.20. The van der Waals surface area contributed by atoms with E-state index in [1.807, 2.05) is 30.3 Å². The topological polar surface area (TPSA) is 59.5 Å². The van der Waals surface area contributed by atoms with Crippen LogP contribution in [-0.4, -0.2) is 23.4 Å². The van der Waals surface area contributed by atoms with Crippen molar-refractivity contribution < 1.29 is 14.3 Å². The summed E-state index contributed by atoms with van der Waals surface area (Å²) < 4.78 is 5.42. The number of anilines is 1. The molecular formula is C18H22N2O3S. The van der Waals surface area contributed by atoms with Gasteiger partial charge in [0.25, 0.3) is 0 Å². The molecule has 6 heteroatoms. The molecule has 1 amide bonds. The first-order valence-electron chi connectivity index (χ1n) is 7.99. The molecular weight excluding hydrogens is 324 g/mol. The zero-order valence-corrected chi connectivity index (χ0v) is 15.1. The number of thiazole rings is 1. The van der Waals surface area contributed by atoms with Gasteiger partial charge in [0.05, 0.1) is 10.6 Å². The summed E-state index contributed by atoms with van der Waals surface area (Å²) in [5.74, 6) is -0.0376. The molecule has 0 spiro atoms. The zero-order chi connectivity index (χ0) is 17.5. The third kappa shape index (κ3) is 4.64. The van der Waals surface area contributed by atoms with Gasteiger partial charge < -0.3 is 4.74 Å². The van der Waals surface area contributed by atoms with Gasteiger partial charge in [0.2, 0.25) is 0 Å². The van der Waals surface area contributed by atoms with Gasteiger partial charge in [-0.1, -0.05) is 55.0 Å². The lowest BCUT2D eigenvalue weighted by Crippen LogP contribution is -2.32. The van der Waals surface area contributed by atoms with Gasteiger partial charge in [-0.25, -0.2) is 9.78 Å². The van der Waals surface area contributed by atoms with Crippen molar-refractivity contribution in [2.24, 2.45) is 0 Å². The van der Waals surface area contributed by atoms with Crippen LogP contribution in [0.5, 0.6) is 0 Å². The maximum absolute atomic E-state index is 12.5. The van der Waals surface area contributed by atoms with Crippen LogP contribution in [0.1, 0.15) is 47.6 Å². The van der Waals surface area contributed by atoms with Crippen molar-refractivity contribution in [3.8, 4) is 0 Å². The second kappa shape index (κ2) is 8.59. The highest BCUT2D eigenvalue weighted by atomic mass is 32.1. The molecule has 1 aromatic carbocycles. The molecule has 0 saturated heterocycles. The van der Waals surface area contributed by atoms with Gasteiger partial charge in [-0.15, -0.1) is 0 Å². The van der Waals surface area contributed by atoms with E-state index in [9.17, 15) is 9.59 Å². The Morgan fingerprint density at radius 1 is 1.25 bits per heavy atom. The maximum Gasteiger partial charge on any atom is 0.416 e. The standard InChI is InChI=1S/C18H22N2O3S/c1-4-5-11-20(17-19-13(2)16(24-17)14(3)21)18(22)23-12-15-9-7-6-8-10-15/h6-10H,4-5,11-12H2,1-3H3. The number of nitrogens with zero attached hydrogens (tertiary/aromatic N) is 2. The number of ketones is 1. The van der Waals surface area contributed by atoms with Crippen LogP contribution in [0.2, 0.25) is 0 Å². The molecule has 0 atom stereocenters. The lowest BCUT2D eigenvalue weighted by molar-refractivity contribution is 0.102. The largest absolute Gasteiger partial charge is 0.444 e. The molecule has 0 saturated carbocycles. The van der Waals surface area contributed by atoms with E-state index in [0.717, 1.165) is 18.4 Å².